The lowest BCUT2D eigenvalue weighted by molar-refractivity contribution is 0.0656. The Morgan fingerprint density at radius 1 is 1.07 bits per heavy atom. The first-order valence-electron chi connectivity index (χ1n) is 9.59. The minimum absolute atomic E-state index is 0.0419. The number of piperazine rings is 1. The smallest absolute Gasteiger partial charge is 0.163 e. The molecule has 1 heterocycles. The Hall–Kier alpha value is -2.57. The summed E-state index contributed by atoms with van der Waals surface area (Å²) in [6.07, 6.45) is -0.604. The molecule has 1 aliphatic rings. The summed E-state index contributed by atoms with van der Waals surface area (Å²) in [4.78, 5) is 16.2. The molecule has 0 saturated carbocycles. The van der Waals surface area contributed by atoms with Crippen LogP contribution in [-0.2, 0) is 0 Å². The number of carbonyl (C=O) groups is 1. The molecule has 0 radical (unpaired) electrons. The Kier molecular flexibility index (Phi) is 6.90. The van der Waals surface area contributed by atoms with Crippen LogP contribution in [0.25, 0.3) is 0 Å². The van der Waals surface area contributed by atoms with Crippen molar-refractivity contribution >= 4 is 11.5 Å². The molecule has 1 N–H and O–H groups in total. The largest absolute Gasteiger partial charge is 0.497 e. The molecule has 2 aromatic carbocycles. The number of para-hydroxylation sites is 1. The quantitative estimate of drug-likeness (QED) is 0.706. The van der Waals surface area contributed by atoms with Crippen LogP contribution < -0.4 is 14.4 Å². The van der Waals surface area contributed by atoms with E-state index in [-0.39, 0.29) is 12.4 Å². The first-order chi connectivity index (χ1) is 13.6. The summed E-state index contributed by atoms with van der Waals surface area (Å²) in [6, 6.07) is 15.2. The van der Waals surface area contributed by atoms with E-state index in [4.69, 9.17) is 9.47 Å². The van der Waals surface area contributed by atoms with Crippen LogP contribution in [0.15, 0.2) is 48.5 Å². The van der Waals surface area contributed by atoms with E-state index in [9.17, 15) is 9.90 Å². The molecule has 0 bridgehead atoms. The number of ketones is 1. The maximum absolute atomic E-state index is 11.6. The number of carbonyl (C=O) groups excluding carboxylic acids is 1. The van der Waals surface area contributed by atoms with Crippen LogP contribution in [0.5, 0.6) is 11.5 Å². The number of aliphatic hydroxyl groups is 1. The Morgan fingerprint density at radius 2 is 1.75 bits per heavy atom. The summed E-state index contributed by atoms with van der Waals surface area (Å²) in [5, 5.41) is 10.4. The summed E-state index contributed by atoms with van der Waals surface area (Å²) in [5.41, 5.74) is 1.73. The number of nitrogens with zero attached hydrogens (tertiary/aromatic N) is 2. The number of methoxy groups -OCH3 is 1. The molecule has 6 heteroatoms. The topological polar surface area (TPSA) is 62.2 Å². The van der Waals surface area contributed by atoms with E-state index in [1.54, 1.807) is 19.2 Å². The van der Waals surface area contributed by atoms with Gasteiger partial charge in [-0.2, -0.15) is 0 Å². The summed E-state index contributed by atoms with van der Waals surface area (Å²) in [6.45, 7) is 5.82. The number of anilines is 1. The van der Waals surface area contributed by atoms with Gasteiger partial charge in [0.25, 0.3) is 0 Å². The van der Waals surface area contributed by atoms with E-state index in [0.717, 1.165) is 31.9 Å². The number of Topliss-reactive ketones (excluding diaryl/α,β-unsaturated/α-hetero) is 1. The fraction of sp³-hybridized carbons (Fsp3) is 0.409. The fourth-order valence-electron chi connectivity index (χ4n) is 3.40. The number of hydrogen-bond donors (Lipinski definition) is 1. The third-order valence-corrected chi connectivity index (χ3v) is 4.98. The Bertz CT molecular complexity index is 770. The van der Waals surface area contributed by atoms with Crippen LogP contribution in [0.3, 0.4) is 0 Å². The minimum Gasteiger partial charge on any atom is -0.497 e. The van der Waals surface area contributed by atoms with Crippen LogP contribution in [-0.4, -0.2) is 68.3 Å². The number of ether oxygens (including phenoxy) is 2. The first kappa shape index (κ1) is 20.2. The van der Waals surface area contributed by atoms with Gasteiger partial charge in [0.2, 0.25) is 0 Å². The van der Waals surface area contributed by atoms with Crippen molar-refractivity contribution in [2.24, 2.45) is 0 Å². The summed E-state index contributed by atoms with van der Waals surface area (Å²) < 4.78 is 10.9. The maximum Gasteiger partial charge on any atom is 0.163 e. The summed E-state index contributed by atoms with van der Waals surface area (Å²) in [5.74, 6) is 1.34. The molecule has 2 aromatic rings. The molecule has 1 fully saturated rings. The molecule has 0 aromatic heterocycles. The van der Waals surface area contributed by atoms with Gasteiger partial charge < -0.3 is 19.5 Å². The van der Waals surface area contributed by atoms with Gasteiger partial charge in [0.1, 0.15) is 24.2 Å². The molecular formula is C22H28N2O4. The maximum atomic E-state index is 11.6. The normalized spacial score (nSPS) is 15.9. The van der Waals surface area contributed by atoms with Gasteiger partial charge in [0.05, 0.1) is 12.7 Å². The fourth-order valence-corrected chi connectivity index (χ4v) is 3.40. The molecule has 0 spiro atoms. The zero-order valence-electron chi connectivity index (χ0n) is 16.5. The number of benzene rings is 2. The lowest BCUT2D eigenvalue weighted by Gasteiger charge is -2.36. The van der Waals surface area contributed by atoms with Crippen molar-refractivity contribution in [3.8, 4) is 11.5 Å². The van der Waals surface area contributed by atoms with Crippen LogP contribution in [0.4, 0.5) is 5.69 Å². The van der Waals surface area contributed by atoms with Crippen molar-refractivity contribution in [1.29, 1.82) is 0 Å². The van der Waals surface area contributed by atoms with Crippen LogP contribution in [0.1, 0.15) is 17.3 Å². The van der Waals surface area contributed by atoms with Gasteiger partial charge in [0.15, 0.2) is 5.78 Å². The third kappa shape index (κ3) is 5.24. The second-order valence-electron chi connectivity index (χ2n) is 7.00. The number of aliphatic hydroxyl groups excluding tert-OH is 1. The van der Waals surface area contributed by atoms with Gasteiger partial charge in [-0.25, -0.2) is 0 Å². The van der Waals surface area contributed by atoms with Crippen LogP contribution >= 0.6 is 0 Å². The average Bonchev–Trinajstić information content (AvgIpc) is 2.73. The second-order valence-corrected chi connectivity index (χ2v) is 7.00. The predicted molar refractivity (Wildman–Crippen MR) is 110 cm³/mol. The Balaban J connectivity index is 1.45. The lowest BCUT2D eigenvalue weighted by atomic mass is 10.1. The van der Waals surface area contributed by atoms with Gasteiger partial charge in [0, 0.05) is 38.4 Å². The number of rotatable bonds is 8. The Labute approximate surface area is 166 Å². The van der Waals surface area contributed by atoms with Gasteiger partial charge in [-0.05, 0) is 43.3 Å². The molecule has 1 aliphatic heterocycles. The van der Waals surface area contributed by atoms with E-state index in [1.165, 1.54) is 12.6 Å². The van der Waals surface area contributed by atoms with E-state index < -0.39 is 6.10 Å². The molecule has 1 saturated heterocycles. The summed E-state index contributed by atoms with van der Waals surface area (Å²) in [7, 11) is 1.67. The Morgan fingerprint density at radius 3 is 2.39 bits per heavy atom. The van der Waals surface area contributed by atoms with Crippen molar-refractivity contribution in [1.82, 2.24) is 4.90 Å². The lowest BCUT2D eigenvalue weighted by Crippen LogP contribution is -2.49. The number of β-amino-alcohol motifs (C(OH)–C–C–N with tert-alkyl or cyclic N) is 1. The van der Waals surface area contributed by atoms with E-state index in [2.05, 4.69) is 21.9 Å². The monoisotopic (exact) mass is 384 g/mol. The first-order valence-corrected chi connectivity index (χ1v) is 9.59. The van der Waals surface area contributed by atoms with Crippen molar-refractivity contribution in [2.75, 3.05) is 51.3 Å². The molecule has 3 rings (SSSR count). The molecule has 150 valence electrons. The van der Waals surface area contributed by atoms with Gasteiger partial charge in [-0.1, -0.05) is 12.1 Å². The molecule has 28 heavy (non-hydrogen) atoms. The molecule has 0 amide bonds. The van der Waals surface area contributed by atoms with E-state index in [1.807, 2.05) is 24.3 Å². The minimum atomic E-state index is -0.604. The summed E-state index contributed by atoms with van der Waals surface area (Å²) >= 11 is 0. The second kappa shape index (κ2) is 9.57. The highest BCUT2D eigenvalue weighted by Crippen LogP contribution is 2.21. The highest BCUT2D eigenvalue weighted by molar-refractivity contribution is 5.96. The third-order valence-electron chi connectivity index (χ3n) is 4.98. The van der Waals surface area contributed by atoms with Crippen molar-refractivity contribution in [2.45, 2.75) is 13.0 Å². The van der Waals surface area contributed by atoms with E-state index >= 15 is 0 Å². The standard InChI is InChI=1S/C22H28N2O4/c1-17(25)21-5-3-4-6-22(21)28-16-19(26)15-23-11-13-24(14-12-23)18-7-9-20(27-2)10-8-18/h3-10,19,26H,11-16H2,1-2H3/t19-/m1/s1. The van der Waals surface area contributed by atoms with Gasteiger partial charge >= 0.3 is 0 Å². The highest BCUT2D eigenvalue weighted by Gasteiger charge is 2.20. The van der Waals surface area contributed by atoms with Gasteiger partial charge in [-0.3, -0.25) is 9.69 Å². The van der Waals surface area contributed by atoms with Crippen molar-refractivity contribution < 1.29 is 19.4 Å². The number of hydrogen-bond acceptors (Lipinski definition) is 6. The molecule has 0 aliphatic carbocycles. The van der Waals surface area contributed by atoms with E-state index in [0.29, 0.717) is 17.9 Å². The van der Waals surface area contributed by atoms with Crippen molar-refractivity contribution in [3.05, 3.63) is 54.1 Å². The van der Waals surface area contributed by atoms with Crippen LogP contribution in [0.2, 0.25) is 0 Å². The zero-order chi connectivity index (χ0) is 19.9. The zero-order valence-corrected chi connectivity index (χ0v) is 16.5. The van der Waals surface area contributed by atoms with Crippen molar-refractivity contribution in [3.63, 3.8) is 0 Å². The molecule has 1 atom stereocenters. The van der Waals surface area contributed by atoms with Gasteiger partial charge in [-0.15, -0.1) is 0 Å². The average molecular weight is 384 g/mol. The SMILES string of the molecule is COc1ccc(N2CCN(C[C@@H](O)COc3ccccc3C(C)=O)CC2)cc1. The molecular weight excluding hydrogens is 356 g/mol. The molecule has 6 nitrogen and oxygen atoms in total. The molecule has 0 unspecified atom stereocenters. The van der Waals surface area contributed by atoms with Crippen LogP contribution in [0, 0.1) is 0 Å². The highest BCUT2D eigenvalue weighted by atomic mass is 16.5. The predicted octanol–water partition coefficient (Wildman–Crippen LogP) is 2.46.